The summed E-state index contributed by atoms with van der Waals surface area (Å²) in [5.41, 5.74) is 1.82. The number of benzene rings is 1. The van der Waals surface area contributed by atoms with Crippen LogP contribution in [0.1, 0.15) is 17.0 Å². The molecule has 0 aliphatic carbocycles. The van der Waals surface area contributed by atoms with Gasteiger partial charge in [-0.3, -0.25) is 4.79 Å². The molecule has 1 saturated heterocycles. The first kappa shape index (κ1) is 16.4. The molecule has 1 atom stereocenters. The van der Waals surface area contributed by atoms with E-state index < -0.39 is 0 Å². The summed E-state index contributed by atoms with van der Waals surface area (Å²) >= 11 is 0. The van der Waals surface area contributed by atoms with Gasteiger partial charge in [0.25, 0.3) is 5.91 Å². The predicted molar refractivity (Wildman–Crippen MR) is 102 cm³/mol. The standard InChI is InChI=1S/C19H18N8O/c28-19(17-21-13-27(24-17)15-4-2-1-3-5-15)23-14-7-10-25(12-14)18-16-6-8-22-26(16)11-9-20-18/h1-6,8-9,11,13-14H,7,10,12H2,(H,23,28)/t14-/m0/s1. The molecule has 1 aromatic carbocycles. The van der Waals surface area contributed by atoms with Crippen molar-refractivity contribution in [2.24, 2.45) is 0 Å². The van der Waals surface area contributed by atoms with Crippen molar-refractivity contribution < 1.29 is 4.79 Å². The number of fused-ring (bicyclic) bond motifs is 1. The van der Waals surface area contributed by atoms with Crippen LogP contribution in [0.5, 0.6) is 0 Å². The summed E-state index contributed by atoms with van der Waals surface area (Å²) in [5.74, 6) is 0.776. The lowest BCUT2D eigenvalue weighted by atomic mass is 10.2. The molecule has 4 heterocycles. The molecule has 140 valence electrons. The highest BCUT2D eigenvalue weighted by molar-refractivity contribution is 5.90. The van der Waals surface area contributed by atoms with E-state index in [0.29, 0.717) is 6.54 Å². The van der Waals surface area contributed by atoms with E-state index in [1.54, 1.807) is 27.9 Å². The van der Waals surface area contributed by atoms with Crippen LogP contribution < -0.4 is 10.2 Å². The second-order valence-electron chi connectivity index (χ2n) is 6.67. The molecule has 4 aromatic rings. The molecule has 0 radical (unpaired) electrons. The maximum absolute atomic E-state index is 12.6. The quantitative estimate of drug-likeness (QED) is 0.579. The number of aromatic nitrogens is 6. The Morgan fingerprint density at radius 1 is 1.11 bits per heavy atom. The van der Waals surface area contributed by atoms with E-state index in [9.17, 15) is 4.79 Å². The van der Waals surface area contributed by atoms with Crippen molar-refractivity contribution >= 4 is 17.2 Å². The molecule has 1 fully saturated rings. The average molecular weight is 374 g/mol. The number of carbonyl (C=O) groups is 1. The summed E-state index contributed by atoms with van der Waals surface area (Å²) in [7, 11) is 0. The van der Waals surface area contributed by atoms with E-state index in [2.05, 4.69) is 30.4 Å². The molecular weight excluding hydrogens is 356 g/mol. The van der Waals surface area contributed by atoms with Crippen LogP contribution in [0.25, 0.3) is 11.2 Å². The zero-order valence-corrected chi connectivity index (χ0v) is 15.0. The van der Waals surface area contributed by atoms with Gasteiger partial charge in [-0.05, 0) is 24.6 Å². The van der Waals surface area contributed by atoms with Gasteiger partial charge in [0, 0.05) is 31.5 Å². The topological polar surface area (TPSA) is 93.2 Å². The molecule has 5 rings (SSSR count). The zero-order chi connectivity index (χ0) is 18.9. The van der Waals surface area contributed by atoms with E-state index >= 15 is 0 Å². The normalized spacial score (nSPS) is 16.6. The van der Waals surface area contributed by atoms with Gasteiger partial charge in [0.15, 0.2) is 5.82 Å². The monoisotopic (exact) mass is 374 g/mol. The van der Waals surface area contributed by atoms with E-state index in [0.717, 1.165) is 30.0 Å². The number of hydrogen-bond donors (Lipinski definition) is 1. The van der Waals surface area contributed by atoms with Crippen molar-refractivity contribution in [1.82, 2.24) is 34.7 Å². The maximum atomic E-state index is 12.6. The van der Waals surface area contributed by atoms with Crippen molar-refractivity contribution in [3.05, 3.63) is 67.1 Å². The highest BCUT2D eigenvalue weighted by Gasteiger charge is 2.27. The number of amides is 1. The van der Waals surface area contributed by atoms with Gasteiger partial charge in [-0.25, -0.2) is 19.2 Å². The van der Waals surface area contributed by atoms with Gasteiger partial charge in [0.05, 0.1) is 11.9 Å². The van der Waals surface area contributed by atoms with Crippen LogP contribution in [0.3, 0.4) is 0 Å². The molecule has 0 saturated carbocycles. The second kappa shape index (κ2) is 6.76. The number of nitrogens with one attached hydrogen (secondary N) is 1. The number of rotatable bonds is 4. The van der Waals surface area contributed by atoms with Crippen molar-refractivity contribution in [3.8, 4) is 5.69 Å². The van der Waals surface area contributed by atoms with Crippen LogP contribution in [-0.2, 0) is 0 Å². The van der Waals surface area contributed by atoms with Gasteiger partial charge < -0.3 is 10.2 Å². The van der Waals surface area contributed by atoms with Gasteiger partial charge in [-0.15, -0.1) is 5.10 Å². The van der Waals surface area contributed by atoms with Crippen molar-refractivity contribution in [3.63, 3.8) is 0 Å². The Bertz CT molecular complexity index is 1120. The van der Waals surface area contributed by atoms with Crippen LogP contribution in [-0.4, -0.2) is 54.4 Å². The van der Waals surface area contributed by atoms with Gasteiger partial charge in [0.1, 0.15) is 11.8 Å². The molecule has 1 N–H and O–H groups in total. The Kier molecular flexibility index (Phi) is 3.97. The summed E-state index contributed by atoms with van der Waals surface area (Å²) < 4.78 is 3.40. The molecule has 1 aliphatic rings. The lowest BCUT2D eigenvalue weighted by molar-refractivity contribution is 0.0930. The number of carbonyl (C=O) groups excluding carboxylic acids is 1. The van der Waals surface area contributed by atoms with Crippen molar-refractivity contribution in [1.29, 1.82) is 0 Å². The summed E-state index contributed by atoms with van der Waals surface area (Å²) in [6.45, 7) is 1.50. The summed E-state index contributed by atoms with van der Waals surface area (Å²) in [6.07, 6.45) is 7.70. The first-order chi connectivity index (χ1) is 13.8. The lowest BCUT2D eigenvalue weighted by Crippen LogP contribution is -2.37. The van der Waals surface area contributed by atoms with Crippen molar-refractivity contribution in [2.75, 3.05) is 18.0 Å². The summed E-state index contributed by atoms with van der Waals surface area (Å²) in [5, 5.41) is 11.6. The van der Waals surface area contributed by atoms with E-state index in [4.69, 9.17) is 0 Å². The first-order valence-corrected chi connectivity index (χ1v) is 9.09. The fourth-order valence-electron chi connectivity index (χ4n) is 3.48. The van der Waals surface area contributed by atoms with E-state index in [1.165, 1.54) is 0 Å². The Labute approximate surface area is 160 Å². The third-order valence-electron chi connectivity index (χ3n) is 4.84. The number of nitrogens with zero attached hydrogens (tertiary/aromatic N) is 7. The van der Waals surface area contributed by atoms with Gasteiger partial charge in [-0.1, -0.05) is 18.2 Å². The number of para-hydroxylation sites is 1. The third-order valence-corrected chi connectivity index (χ3v) is 4.84. The summed E-state index contributed by atoms with van der Waals surface area (Å²) in [4.78, 5) is 23.4. The minimum atomic E-state index is -0.267. The Morgan fingerprint density at radius 3 is 2.89 bits per heavy atom. The third kappa shape index (κ3) is 2.96. The Morgan fingerprint density at radius 2 is 2.00 bits per heavy atom. The molecule has 0 spiro atoms. The maximum Gasteiger partial charge on any atom is 0.291 e. The number of hydrogen-bond acceptors (Lipinski definition) is 6. The van der Waals surface area contributed by atoms with Crippen LogP contribution >= 0.6 is 0 Å². The Hall–Kier alpha value is -3.75. The minimum absolute atomic E-state index is 0.0150. The molecule has 9 nitrogen and oxygen atoms in total. The molecule has 3 aromatic heterocycles. The minimum Gasteiger partial charge on any atom is -0.353 e. The predicted octanol–water partition coefficient (Wildman–Crippen LogP) is 1.32. The molecule has 1 amide bonds. The highest BCUT2D eigenvalue weighted by Crippen LogP contribution is 2.22. The van der Waals surface area contributed by atoms with Crippen LogP contribution in [0.2, 0.25) is 0 Å². The van der Waals surface area contributed by atoms with Crippen LogP contribution in [0.15, 0.2) is 61.3 Å². The SMILES string of the molecule is O=C(N[C@H]1CCN(c2nccn3nccc23)C1)c1ncn(-c2ccccc2)n1. The summed E-state index contributed by atoms with van der Waals surface area (Å²) in [6, 6.07) is 11.5. The Balaban J connectivity index is 1.27. The molecule has 1 aliphatic heterocycles. The number of anilines is 1. The molecular formula is C19H18N8O. The first-order valence-electron chi connectivity index (χ1n) is 9.09. The average Bonchev–Trinajstić information content (AvgIpc) is 3.48. The molecule has 9 heteroatoms. The molecule has 0 unspecified atom stereocenters. The van der Waals surface area contributed by atoms with E-state index in [-0.39, 0.29) is 17.8 Å². The van der Waals surface area contributed by atoms with Crippen molar-refractivity contribution in [2.45, 2.75) is 12.5 Å². The van der Waals surface area contributed by atoms with Gasteiger partial charge in [-0.2, -0.15) is 5.10 Å². The fraction of sp³-hybridized carbons (Fsp3) is 0.211. The lowest BCUT2D eigenvalue weighted by Gasteiger charge is -2.18. The highest BCUT2D eigenvalue weighted by atomic mass is 16.2. The zero-order valence-electron chi connectivity index (χ0n) is 15.0. The molecule has 0 bridgehead atoms. The van der Waals surface area contributed by atoms with Gasteiger partial charge >= 0.3 is 0 Å². The van der Waals surface area contributed by atoms with Crippen LogP contribution in [0.4, 0.5) is 5.82 Å². The fourth-order valence-corrected chi connectivity index (χ4v) is 3.48. The largest absolute Gasteiger partial charge is 0.353 e. The van der Waals surface area contributed by atoms with Crippen LogP contribution in [0, 0.1) is 0 Å². The molecule has 28 heavy (non-hydrogen) atoms. The van der Waals surface area contributed by atoms with E-state index in [1.807, 2.05) is 42.6 Å². The van der Waals surface area contributed by atoms with Gasteiger partial charge in [0.2, 0.25) is 5.82 Å². The second-order valence-corrected chi connectivity index (χ2v) is 6.67. The smallest absolute Gasteiger partial charge is 0.291 e.